The van der Waals surface area contributed by atoms with Gasteiger partial charge in [0.05, 0.1) is 11.9 Å². The van der Waals surface area contributed by atoms with E-state index in [1.54, 1.807) is 23.0 Å². The summed E-state index contributed by atoms with van der Waals surface area (Å²) in [6, 6.07) is 7.13. The van der Waals surface area contributed by atoms with Crippen LogP contribution in [0.5, 0.6) is 0 Å². The summed E-state index contributed by atoms with van der Waals surface area (Å²) in [5.41, 5.74) is 2.38. The molecule has 0 radical (unpaired) electrons. The van der Waals surface area contributed by atoms with Crippen LogP contribution in [0.2, 0.25) is 5.02 Å². The lowest BCUT2D eigenvalue weighted by Crippen LogP contribution is -2.02. The van der Waals surface area contributed by atoms with Crippen molar-refractivity contribution < 1.29 is 4.79 Å². The van der Waals surface area contributed by atoms with Gasteiger partial charge in [-0.2, -0.15) is 5.10 Å². The molecule has 4 heteroatoms. The molecule has 76 valence electrons. The predicted octanol–water partition coefficient (Wildman–Crippen LogP) is 2.65. The van der Waals surface area contributed by atoms with Crippen molar-refractivity contribution in [2.24, 2.45) is 0 Å². The summed E-state index contributed by atoms with van der Waals surface area (Å²) >= 11 is 5.85. The summed E-state index contributed by atoms with van der Waals surface area (Å²) in [6.07, 6.45) is 2.37. The number of halogens is 1. The van der Waals surface area contributed by atoms with Crippen molar-refractivity contribution in [1.29, 1.82) is 0 Å². The van der Waals surface area contributed by atoms with Gasteiger partial charge in [-0.15, -0.1) is 0 Å². The first-order valence-corrected chi connectivity index (χ1v) is 4.86. The first-order valence-electron chi connectivity index (χ1n) is 4.48. The van der Waals surface area contributed by atoms with E-state index in [0.717, 1.165) is 17.5 Å². The van der Waals surface area contributed by atoms with E-state index in [1.807, 2.05) is 19.1 Å². The molecular weight excluding hydrogens is 212 g/mol. The van der Waals surface area contributed by atoms with Crippen LogP contribution in [0.1, 0.15) is 16.1 Å². The smallest absolute Gasteiger partial charge is 0.168 e. The zero-order valence-corrected chi connectivity index (χ0v) is 8.90. The van der Waals surface area contributed by atoms with Gasteiger partial charge in [-0.25, -0.2) is 4.68 Å². The van der Waals surface area contributed by atoms with E-state index >= 15 is 0 Å². The van der Waals surface area contributed by atoms with E-state index in [9.17, 15) is 4.79 Å². The highest BCUT2D eigenvalue weighted by atomic mass is 35.5. The highest BCUT2D eigenvalue weighted by Gasteiger charge is 2.06. The topological polar surface area (TPSA) is 34.9 Å². The second-order valence-electron chi connectivity index (χ2n) is 3.22. The Bertz CT molecular complexity index is 505. The highest BCUT2D eigenvalue weighted by Crippen LogP contribution is 2.19. The molecule has 0 atom stereocenters. The van der Waals surface area contributed by atoms with Crippen LogP contribution in [0.25, 0.3) is 5.69 Å². The van der Waals surface area contributed by atoms with E-state index in [0.29, 0.717) is 10.7 Å². The first kappa shape index (κ1) is 9.93. The molecule has 0 saturated carbocycles. The van der Waals surface area contributed by atoms with Crippen molar-refractivity contribution >= 4 is 17.9 Å². The van der Waals surface area contributed by atoms with Crippen LogP contribution in [-0.2, 0) is 0 Å². The number of aromatic nitrogens is 2. The SMILES string of the molecule is Cc1cc(Cl)ccc1-n1nccc1C=O. The van der Waals surface area contributed by atoms with Gasteiger partial charge in [0.1, 0.15) is 5.69 Å². The van der Waals surface area contributed by atoms with Crippen molar-refractivity contribution in [1.82, 2.24) is 9.78 Å². The van der Waals surface area contributed by atoms with E-state index in [1.165, 1.54) is 0 Å². The van der Waals surface area contributed by atoms with Gasteiger partial charge in [0.2, 0.25) is 0 Å². The summed E-state index contributed by atoms with van der Waals surface area (Å²) in [5.74, 6) is 0. The van der Waals surface area contributed by atoms with Crippen molar-refractivity contribution in [3.8, 4) is 5.69 Å². The van der Waals surface area contributed by atoms with Crippen LogP contribution in [-0.4, -0.2) is 16.1 Å². The van der Waals surface area contributed by atoms with E-state index in [-0.39, 0.29) is 0 Å². The molecule has 0 aliphatic carbocycles. The third kappa shape index (κ3) is 1.78. The molecule has 3 nitrogen and oxygen atoms in total. The fourth-order valence-electron chi connectivity index (χ4n) is 1.46. The number of carbonyl (C=O) groups excluding carboxylic acids is 1. The zero-order valence-electron chi connectivity index (χ0n) is 8.14. The third-order valence-electron chi connectivity index (χ3n) is 2.18. The molecule has 2 rings (SSSR count). The molecule has 2 aromatic rings. The molecule has 15 heavy (non-hydrogen) atoms. The molecule has 0 unspecified atom stereocenters. The minimum Gasteiger partial charge on any atom is -0.296 e. The van der Waals surface area contributed by atoms with Crippen molar-refractivity contribution in [3.63, 3.8) is 0 Å². The van der Waals surface area contributed by atoms with Gasteiger partial charge in [0.25, 0.3) is 0 Å². The summed E-state index contributed by atoms with van der Waals surface area (Å²) in [5, 5.41) is 4.77. The molecule has 1 aromatic carbocycles. The fraction of sp³-hybridized carbons (Fsp3) is 0.0909. The molecule has 0 bridgehead atoms. The van der Waals surface area contributed by atoms with Crippen molar-refractivity contribution in [3.05, 3.63) is 46.7 Å². The Balaban J connectivity index is 2.59. The largest absolute Gasteiger partial charge is 0.296 e. The maximum absolute atomic E-state index is 10.8. The van der Waals surface area contributed by atoms with Crippen LogP contribution < -0.4 is 0 Å². The van der Waals surface area contributed by atoms with Crippen molar-refractivity contribution in [2.45, 2.75) is 6.92 Å². The number of hydrogen-bond donors (Lipinski definition) is 0. The average molecular weight is 221 g/mol. The Labute approximate surface area is 92.3 Å². The third-order valence-corrected chi connectivity index (χ3v) is 2.41. The van der Waals surface area contributed by atoms with E-state index in [4.69, 9.17) is 11.6 Å². The van der Waals surface area contributed by atoms with Gasteiger partial charge >= 0.3 is 0 Å². The van der Waals surface area contributed by atoms with E-state index in [2.05, 4.69) is 5.10 Å². The van der Waals surface area contributed by atoms with Gasteiger partial charge in [0.15, 0.2) is 6.29 Å². The Morgan fingerprint density at radius 3 is 2.87 bits per heavy atom. The molecule has 0 spiro atoms. The number of carbonyl (C=O) groups is 1. The van der Waals surface area contributed by atoms with Gasteiger partial charge < -0.3 is 0 Å². The number of aldehydes is 1. The Morgan fingerprint density at radius 2 is 2.20 bits per heavy atom. The number of hydrogen-bond acceptors (Lipinski definition) is 2. The Hall–Kier alpha value is -1.61. The Morgan fingerprint density at radius 1 is 1.40 bits per heavy atom. The predicted molar refractivity (Wildman–Crippen MR) is 58.7 cm³/mol. The maximum atomic E-state index is 10.8. The molecule has 0 fully saturated rings. The summed E-state index contributed by atoms with van der Waals surface area (Å²) < 4.78 is 1.60. The highest BCUT2D eigenvalue weighted by molar-refractivity contribution is 6.30. The van der Waals surface area contributed by atoms with Crippen LogP contribution in [0.3, 0.4) is 0 Å². The summed E-state index contributed by atoms with van der Waals surface area (Å²) in [6.45, 7) is 1.93. The molecule has 0 amide bonds. The van der Waals surface area contributed by atoms with Crippen LogP contribution in [0, 0.1) is 6.92 Å². The summed E-state index contributed by atoms with van der Waals surface area (Å²) in [7, 11) is 0. The molecule has 0 N–H and O–H groups in total. The standard InChI is InChI=1S/C11H9ClN2O/c1-8-6-9(12)2-3-11(8)14-10(7-15)4-5-13-14/h2-7H,1H3. The molecular formula is C11H9ClN2O. The second kappa shape index (κ2) is 3.87. The van der Waals surface area contributed by atoms with Crippen LogP contribution in [0.4, 0.5) is 0 Å². The second-order valence-corrected chi connectivity index (χ2v) is 3.65. The number of benzene rings is 1. The minimum absolute atomic E-state index is 0.528. The van der Waals surface area contributed by atoms with Gasteiger partial charge in [-0.3, -0.25) is 4.79 Å². The lowest BCUT2D eigenvalue weighted by Gasteiger charge is -2.07. The van der Waals surface area contributed by atoms with Gasteiger partial charge in [-0.05, 0) is 36.8 Å². The van der Waals surface area contributed by atoms with E-state index < -0.39 is 0 Å². The maximum Gasteiger partial charge on any atom is 0.168 e. The molecule has 0 saturated heterocycles. The quantitative estimate of drug-likeness (QED) is 0.730. The molecule has 0 aliphatic heterocycles. The lowest BCUT2D eigenvalue weighted by atomic mass is 10.2. The van der Waals surface area contributed by atoms with Gasteiger partial charge in [0, 0.05) is 5.02 Å². The fourth-order valence-corrected chi connectivity index (χ4v) is 1.69. The molecule has 1 heterocycles. The first-order chi connectivity index (χ1) is 7.22. The van der Waals surface area contributed by atoms with Gasteiger partial charge in [-0.1, -0.05) is 11.6 Å². The molecule has 0 aliphatic rings. The lowest BCUT2D eigenvalue weighted by molar-refractivity contribution is 0.111. The van der Waals surface area contributed by atoms with Crippen molar-refractivity contribution in [2.75, 3.05) is 0 Å². The van der Waals surface area contributed by atoms with Crippen LogP contribution >= 0.6 is 11.6 Å². The minimum atomic E-state index is 0.528. The summed E-state index contributed by atoms with van der Waals surface area (Å²) in [4.78, 5) is 10.8. The Kier molecular flexibility index (Phi) is 2.56. The normalized spacial score (nSPS) is 10.3. The van der Waals surface area contributed by atoms with Crippen LogP contribution in [0.15, 0.2) is 30.5 Å². The number of rotatable bonds is 2. The number of aryl methyl sites for hydroxylation is 1. The zero-order chi connectivity index (χ0) is 10.8. The number of nitrogens with zero attached hydrogens (tertiary/aromatic N) is 2. The molecule has 1 aromatic heterocycles. The average Bonchev–Trinajstić information content (AvgIpc) is 2.65. The monoisotopic (exact) mass is 220 g/mol.